The van der Waals surface area contributed by atoms with Gasteiger partial charge in [-0.05, 0) is 47.5 Å². The lowest BCUT2D eigenvalue weighted by Gasteiger charge is -2.05. The molecule has 0 aliphatic rings. The van der Waals surface area contributed by atoms with Gasteiger partial charge in [0.25, 0.3) is 20.6 Å². The molecule has 0 saturated carbocycles. The Morgan fingerprint density at radius 1 is 0.880 bits per heavy atom. The first-order valence-corrected chi connectivity index (χ1v) is 9.88. The fraction of sp³-hybridized carbons (Fsp3) is 0. The molecule has 2 aromatic carbocycles. The molecule has 0 amide bonds. The largest absolute Gasteiger partial charge is 0.429 e. The first-order valence-electron chi connectivity index (χ1n) is 6.81. The van der Waals surface area contributed by atoms with Crippen molar-refractivity contribution in [3.05, 3.63) is 57.4 Å². The maximum Gasteiger partial charge on any atom is 0.298 e. The summed E-state index contributed by atoms with van der Waals surface area (Å²) in [4.78, 5) is 23.4. The monoisotopic (exact) mass is 394 g/mol. The van der Waals surface area contributed by atoms with Crippen LogP contribution in [-0.2, 0) is 14.9 Å². The first kappa shape index (κ1) is 17.5. The minimum absolute atomic E-state index is 0.0999. The van der Waals surface area contributed by atoms with E-state index in [4.69, 9.17) is 9.29 Å². The van der Waals surface area contributed by atoms with Gasteiger partial charge < -0.3 is 4.74 Å². The number of benzene rings is 2. The highest BCUT2D eigenvalue weighted by Crippen LogP contribution is 2.38. The minimum atomic E-state index is -4.27. The van der Waals surface area contributed by atoms with Crippen LogP contribution in [-0.4, -0.2) is 19.4 Å². The van der Waals surface area contributed by atoms with Gasteiger partial charge in [0.1, 0.15) is 5.75 Å². The van der Waals surface area contributed by atoms with Crippen molar-refractivity contribution in [3.63, 3.8) is 0 Å². The molecule has 128 valence electrons. The number of hydrogen-bond acceptors (Lipinski definition) is 7. The Hall–Kier alpha value is -2.33. The van der Waals surface area contributed by atoms with E-state index in [1.165, 1.54) is 24.3 Å². The summed E-state index contributed by atoms with van der Waals surface area (Å²) in [6.07, 6.45) is 0. The molecule has 1 N–H and O–H groups in total. The average molecular weight is 394 g/mol. The quantitative estimate of drug-likeness (QED) is 0.527. The molecule has 0 atom stereocenters. The van der Waals surface area contributed by atoms with E-state index in [-0.39, 0.29) is 8.95 Å². The van der Waals surface area contributed by atoms with Crippen LogP contribution in [0.1, 0.15) is 0 Å². The molecule has 0 bridgehead atoms. The van der Waals surface area contributed by atoms with Crippen LogP contribution in [0.15, 0.2) is 58.2 Å². The summed E-state index contributed by atoms with van der Waals surface area (Å²) in [5.74, 6) is 0.389. The van der Waals surface area contributed by atoms with Crippen molar-refractivity contribution in [3.8, 4) is 26.6 Å². The summed E-state index contributed by atoms with van der Waals surface area (Å²) in [5, 5.41) is 0. The predicted octanol–water partition coefficient (Wildman–Crippen LogP) is 3.29. The zero-order valence-corrected chi connectivity index (χ0v) is 14.9. The molecular weight excluding hydrogens is 384 g/mol. The molecule has 0 unspecified atom stereocenters. The lowest BCUT2D eigenvalue weighted by Crippen LogP contribution is -1.97. The van der Waals surface area contributed by atoms with E-state index in [9.17, 15) is 18.0 Å². The topological polar surface area (TPSA) is 97.7 Å². The summed E-state index contributed by atoms with van der Waals surface area (Å²) < 4.78 is 36.0. The molecule has 0 aliphatic heterocycles. The molecule has 0 aliphatic carbocycles. The summed E-state index contributed by atoms with van der Waals surface area (Å²) in [6, 6.07) is 12.3. The van der Waals surface area contributed by atoms with Gasteiger partial charge in [-0.15, -0.1) is 0 Å². The second kappa shape index (κ2) is 6.89. The van der Waals surface area contributed by atoms with Crippen molar-refractivity contribution in [2.24, 2.45) is 0 Å². The van der Waals surface area contributed by atoms with Gasteiger partial charge in [-0.2, -0.15) is 8.42 Å². The fourth-order valence-corrected chi connectivity index (χ4v) is 4.84. The third-order valence-corrected chi connectivity index (χ3v) is 6.41. The lowest BCUT2D eigenvalue weighted by molar-refractivity contribution is -0.120. The number of carbonyl (C=O) groups is 1. The van der Waals surface area contributed by atoms with Crippen LogP contribution in [0.4, 0.5) is 0 Å². The van der Waals surface area contributed by atoms with Crippen LogP contribution in [0.2, 0.25) is 0 Å². The van der Waals surface area contributed by atoms with Gasteiger partial charge in [0.05, 0.1) is 14.6 Å². The van der Waals surface area contributed by atoms with Crippen molar-refractivity contribution in [1.29, 1.82) is 0 Å². The molecular formula is C16H10O6S3. The molecule has 25 heavy (non-hydrogen) atoms. The summed E-state index contributed by atoms with van der Waals surface area (Å²) >= 11 is 2.13. The molecule has 3 aromatic rings. The van der Waals surface area contributed by atoms with E-state index >= 15 is 0 Å². The Bertz CT molecular complexity index is 1060. The third-order valence-electron chi connectivity index (χ3n) is 3.29. The van der Waals surface area contributed by atoms with Crippen LogP contribution in [0.5, 0.6) is 5.75 Å². The predicted molar refractivity (Wildman–Crippen MR) is 95.8 cm³/mol. The molecule has 0 radical (unpaired) electrons. The Morgan fingerprint density at radius 3 is 1.80 bits per heavy atom. The van der Waals surface area contributed by atoms with Crippen LogP contribution in [0.25, 0.3) is 20.9 Å². The van der Waals surface area contributed by atoms with E-state index in [0.29, 0.717) is 22.7 Å². The van der Waals surface area contributed by atoms with Crippen LogP contribution in [0.3, 0.4) is 0 Å². The summed E-state index contributed by atoms with van der Waals surface area (Å²) in [6.45, 7) is 0.333. The normalized spacial score (nSPS) is 11.2. The van der Waals surface area contributed by atoms with Gasteiger partial charge in [0.2, 0.25) is 0 Å². The maximum absolute atomic E-state index is 11.9. The van der Waals surface area contributed by atoms with Gasteiger partial charge in [-0.25, -0.2) is 0 Å². The second-order valence-corrected chi connectivity index (χ2v) is 8.50. The first-order chi connectivity index (χ1) is 11.9. The van der Waals surface area contributed by atoms with Gasteiger partial charge >= 0.3 is 0 Å². The van der Waals surface area contributed by atoms with Gasteiger partial charge in [0, 0.05) is 0 Å². The van der Waals surface area contributed by atoms with Crippen molar-refractivity contribution < 1.29 is 22.5 Å². The number of carbonyl (C=O) groups excluding carboxylic acids is 1. The molecule has 1 aromatic heterocycles. The van der Waals surface area contributed by atoms with Crippen molar-refractivity contribution in [2.75, 3.05) is 0 Å². The molecule has 6 nitrogen and oxygen atoms in total. The maximum atomic E-state index is 11.9. The van der Waals surface area contributed by atoms with E-state index in [1.807, 2.05) is 0 Å². The van der Waals surface area contributed by atoms with Crippen molar-refractivity contribution in [1.82, 2.24) is 0 Å². The standard InChI is InChI=1S/C16H10O6S3/c17-9-22-12-5-1-10(2-6-12)14-15(24-16(18)23-14)11-3-7-13(8-4-11)25(19,20)21/h1-9H,(H,19,20,21). The number of hydrogen-bond donors (Lipinski definition) is 1. The molecule has 0 saturated heterocycles. The molecule has 0 fully saturated rings. The molecule has 9 heteroatoms. The van der Waals surface area contributed by atoms with Gasteiger partial charge in [-0.3, -0.25) is 14.1 Å². The van der Waals surface area contributed by atoms with Gasteiger partial charge in [0.15, 0.2) is 0 Å². The molecule has 3 rings (SSSR count). The fourth-order valence-electron chi connectivity index (χ4n) is 2.18. The van der Waals surface area contributed by atoms with E-state index < -0.39 is 10.1 Å². The second-order valence-electron chi connectivity index (χ2n) is 4.85. The highest BCUT2D eigenvalue weighted by atomic mass is 32.2. The van der Waals surface area contributed by atoms with E-state index in [1.54, 1.807) is 24.3 Å². The number of ether oxygens (including phenoxy) is 1. The van der Waals surface area contributed by atoms with E-state index in [2.05, 4.69) is 0 Å². The van der Waals surface area contributed by atoms with Crippen molar-refractivity contribution >= 4 is 39.3 Å². The minimum Gasteiger partial charge on any atom is -0.429 e. The SMILES string of the molecule is O=COc1ccc(-c2sc(=O)sc2-c2ccc(S(=O)(=O)O)cc2)cc1. The molecule has 1 heterocycles. The molecule has 0 spiro atoms. The smallest absolute Gasteiger partial charge is 0.298 e. The third kappa shape index (κ3) is 3.85. The zero-order chi connectivity index (χ0) is 18.0. The Balaban J connectivity index is 2.04. The number of rotatable bonds is 5. The zero-order valence-electron chi connectivity index (χ0n) is 12.4. The lowest BCUT2D eigenvalue weighted by atomic mass is 10.1. The van der Waals surface area contributed by atoms with Crippen LogP contribution in [0, 0.1) is 0 Å². The Morgan fingerprint density at radius 2 is 1.36 bits per heavy atom. The average Bonchev–Trinajstić information content (AvgIpc) is 2.97. The summed E-state index contributed by atoms with van der Waals surface area (Å²) in [7, 11) is -4.27. The summed E-state index contributed by atoms with van der Waals surface area (Å²) in [5.41, 5.74) is 1.44. The van der Waals surface area contributed by atoms with Gasteiger partial charge in [-0.1, -0.05) is 34.8 Å². The Labute approximate surface area is 150 Å². The van der Waals surface area contributed by atoms with Crippen molar-refractivity contribution in [2.45, 2.75) is 4.90 Å². The van der Waals surface area contributed by atoms with E-state index in [0.717, 1.165) is 33.1 Å². The van der Waals surface area contributed by atoms with Crippen LogP contribution < -0.4 is 8.79 Å². The Kier molecular flexibility index (Phi) is 4.82. The van der Waals surface area contributed by atoms with Crippen LogP contribution >= 0.6 is 22.7 Å². The highest BCUT2D eigenvalue weighted by Gasteiger charge is 2.15. The highest BCUT2D eigenvalue weighted by molar-refractivity contribution is 7.85.